The Morgan fingerprint density at radius 3 is 2.52 bits per heavy atom. The van der Waals surface area contributed by atoms with Crippen LogP contribution in [-0.2, 0) is 16.8 Å². The van der Waals surface area contributed by atoms with E-state index in [9.17, 15) is 4.79 Å². The zero-order chi connectivity index (χ0) is 15.5. The first-order chi connectivity index (χ1) is 9.86. The summed E-state index contributed by atoms with van der Waals surface area (Å²) in [6.45, 7) is 10.3. The molecule has 0 radical (unpaired) electrons. The van der Waals surface area contributed by atoms with Gasteiger partial charge in [0.1, 0.15) is 0 Å². The van der Waals surface area contributed by atoms with Crippen LogP contribution in [0.2, 0.25) is 0 Å². The molecule has 1 aliphatic heterocycles. The molecule has 0 unspecified atom stereocenters. The Bertz CT molecular complexity index is 473. The van der Waals surface area contributed by atoms with Gasteiger partial charge in [0.2, 0.25) is 5.91 Å². The van der Waals surface area contributed by atoms with Crippen molar-refractivity contribution < 1.29 is 4.79 Å². The van der Waals surface area contributed by atoms with E-state index in [1.807, 2.05) is 0 Å². The SMILES string of the molecule is C[C@H]1C[C@@H](C(=O)NCc2ccc(C(C)(C)C)cc2)CCN1. The van der Waals surface area contributed by atoms with Crippen molar-refractivity contribution >= 4 is 5.91 Å². The zero-order valence-corrected chi connectivity index (χ0v) is 13.7. The average molecular weight is 288 g/mol. The molecule has 0 aliphatic carbocycles. The Kier molecular flexibility index (Phi) is 5.04. The number of benzene rings is 1. The molecule has 1 amide bonds. The number of hydrogen-bond donors (Lipinski definition) is 2. The molecule has 0 bridgehead atoms. The van der Waals surface area contributed by atoms with Gasteiger partial charge in [-0.2, -0.15) is 0 Å². The number of piperidine rings is 1. The molecule has 1 aromatic carbocycles. The molecule has 3 nitrogen and oxygen atoms in total. The van der Waals surface area contributed by atoms with Crippen LogP contribution < -0.4 is 10.6 Å². The monoisotopic (exact) mass is 288 g/mol. The smallest absolute Gasteiger partial charge is 0.223 e. The fraction of sp³-hybridized carbons (Fsp3) is 0.611. The van der Waals surface area contributed by atoms with Crippen LogP contribution >= 0.6 is 0 Å². The molecule has 0 saturated carbocycles. The van der Waals surface area contributed by atoms with Crippen LogP contribution in [0.1, 0.15) is 51.7 Å². The standard InChI is InChI=1S/C18H28N2O/c1-13-11-15(9-10-19-13)17(21)20-12-14-5-7-16(8-6-14)18(2,3)4/h5-8,13,15,19H,9-12H2,1-4H3,(H,20,21)/t13-,15-/m0/s1. The quantitative estimate of drug-likeness (QED) is 0.898. The highest BCUT2D eigenvalue weighted by Crippen LogP contribution is 2.22. The molecule has 1 fully saturated rings. The van der Waals surface area contributed by atoms with Gasteiger partial charge >= 0.3 is 0 Å². The third kappa shape index (κ3) is 4.57. The van der Waals surface area contributed by atoms with E-state index in [2.05, 4.69) is 62.6 Å². The lowest BCUT2D eigenvalue weighted by Gasteiger charge is -2.27. The lowest BCUT2D eigenvalue weighted by Crippen LogP contribution is -2.42. The predicted octanol–water partition coefficient (Wildman–Crippen LogP) is 2.99. The Labute approximate surface area is 128 Å². The van der Waals surface area contributed by atoms with Gasteiger partial charge in [-0.3, -0.25) is 4.79 Å². The highest BCUT2D eigenvalue weighted by atomic mass is 16.1. The Hall–Kier alpha value is -1.35. The fourth-order valence-electron chi connectivity index (χ4n) is 2.83. The maximum atomic E-state index is 12.2. The van der Waals surface area contributed by atoms with Crippen LogP contribution in [-0.4, -0.2) is 18.5 Å². The van der Waals surface area contributed by atoms with Crippen molar-refractivity contribution in [3.63, 3.8) is 0 Å². The molecular weight excluding hydrogens is 260 g/mol. The van der Waals surface area contributed by atoms with Gasteiger partial charge in [-0.1, -0.05) is 45.0 Å². The molecule has 2 rings (SSSR count). The van der Waals surface area contributed by atoms with Gasteiger partial charge in [-0.15, -0.1) is 0 Å². The minimum Gasteiger partial charge on any atom is -0.352 e. The van der Waals surface area contributed by atoms with Gasteiger partial charge in [0.25, 0.3) is 0 Å². The second-order valence-electron chi connectivity index (χ2n) is 7.24. The van der Waals surface area contributed by atoms with Crippen LogP contribution in [0.25, 0.3) is 0 Å². The number of nitrogens with one attached hydrogen (secondary N) is 2. The van der Waals surface area contributed by atoms with Gasteiger partial charge in [-0.25, -0.2) is 0 Å². The van der Waals surface area contributed by atoms with E-state index in [4.69, 9.17) is 0 Å². The van der Waals surface area contributed by atoms with Crippen LogP contribution in [0.15, 0.2) is 24.3 Å². The number of hydrogen-bond acceptors (Lipinski definition) is 2. The minimum absolute atomic E-state index is 0.162. The lowest BCUT2D eigenvalue weighted by atomic mass is 9.87. The predicted molar refractivity (Wildman–Crippen MR) is 87.2 cm³/mol. The summed E-state index contributed by atoms with van der Waals surface area (Å²) in [5, 5.41) is 6.46. The van der Waals surface area contributed by atoms with Crippen molar-refractivity contribution in [2.75, 3.05) is 6.54 Å². The van der Waals surface area contributed by atoms with Crippen LogP contribution in [0.4, 0.5) is 0 Å². The normalized spacial score (nSPS) is 22.9. The number of carbonyl (C=O) groups is 1. The molecule has 2 atom stereocenters. The molecule has 1 aliphatic rings. The van der Waals surface area contributed by atoms with Crippen molar-refractivity contribution in [3.05, 3.63) is 35.4 Å². The van der Waals surface area contributed by atoms with E-state index < -0.39 is 0 Å². The molecule has 2 N–H and O–H groups in total. The van der Waals surface area contributed by atoms with Crippen molar-refractivity contribution in [1.82, 2.24) is 10.6 Å². The van der Waals surface area contributed by atoms with E-state index in [1.54, 1.807) is 0 Å². The van der Waals surface area contributed by atoms with Crippen LogP contribution in [0.3, 0.4) is 0 Å². The summed E-state index contributed by atoms with van der Waals surface area (Å²) < 4.78 is 0. The van der Waals surface area contributed by atoms with Crippen LogP contribution in [0.5, 0.6) is 0 Å². The van der Waals surface area contributed by atoms with E-state index in [0.717, 1.165) is 19.4 Å². The Morgan fingerprint density at radius 1 is 1.29 bits per heavy atom. The highest BCUT2D eigenvalue weighted by molar-refractivity contribution is 5.78. The summed E-state index contributed by atoms with van der Waals surface area (Å²) in [5.41, 5.74) is 2.66. The highest BCUT2D eigenvalue weighted by Gasteiger charge is 2.24. The Morgan fingerprint density at radius 2 is 1.95 bits per heavy atom. The van der Waals surface area contributed by atoms with Gasteiger partial charge in [0.15, 0.2) is 0 Å². The van der Waals surface area contributed by atoms with Crippen LogP contribution in [0, 0.1) is 5.92 Å². The van der Waals surface area contributed by atoms with Gasteiger partial charge < -0.3 is 10.6 Å². The van der Waals surface area contributed by atoms with Gasteiger partial charge in [-0.05, 0) is 42.9 Å². The topological polar surface area (TPSA) is 41.1 Å². The summed E-state index contributed by atoms with van der Waals surface area (Å²) in [4.78, 5) is 12.2. The van der Waals surface area contributed by atoms with Crippen molar-refractivity contribution in [1.29, 1.82) is 0 Å². The maximum absolute atomic E-state index is 12.2. The second kappa shape index (κ2) is 6.61. The Balaban J connectivity index is 1.86. The van der Waals surface area contributed by atoms with Crippen molar-refractivity contribution in [3.8, 4) is 0 Å². The number of rotatable bonds is 3. The zero-order valence-electron chi connectivity index (χ0n) is 13.7. The summed E-state index contributed by atoms with van der Waals surface area (Å²) in [5.74, 6) is 0.360. The van der Waals surface area contributed by atoms with Gasteiger partial charge in [0.05, 0.1) is 0 Å². The molecule has 1 saturated heterocycles. The molecular formula is C18H28N2O. The lowest BCUT2D eigenvalue weighted by molar-refractivity contribution is -0.126. The van der Waals surface area contributed by atoms with Gasteiger partial charge in [0, 0.05) is 18.5 Å². The first-order valence-electron chi connectivity index (χ1n) is 7.97. The van der Waals surface area contributed by atoms with E-state index in [1.165, 1.54) is 11.1 Å². The fourth-order valence-corrected chi connectivity index (χ4v) is 2.83. The second-order valence-corrected chi connectivity index (χ2v) is 7.24. The third-order valence-corrected chi connectivity index (χ3v) is 4.28. The molecule has 3 heteroatoms. The summed E-state index contributed by atoms with van der Waals surface area (Å²) in [6.07, 6.45) is 1.88. The summed E-state index contributed by atoms with van der Waals surface area (Å²) in [6, 6.07) is 9.00. The third-order valence-electron chi connectivity index (χ3n) is 4.28. The first kappa shape index (κ1) is 16.0. The maximum Gasteiger partial charge on any atom is 0.223 e. The summed E-state index contributed by atoms with van der Waals surface area (Å²) in [7, 11) is 0. The molecule has 1 aromatic rings. The summed E-state index contributed by atoms with van der Waals surface area (Å²) >= 11 is 0. The molecule has 116 valence electrons. The number of amides is 1. The average Bonchev–Trinajstić information content (AvgIpc) is 2.44. The van der Waals surface area contributed by atoms with E-state index in [-0.39, 0.29) is 17.2 Å². The minimum atomic E-state index is 0.162. The molecule has 21 heavy (non-hydrogen) atoms. The molecule has 0 aromatic heterocycles. The van der Waals surface area contributed by atoms with E-state index >= 15 is 0 Å². The largest absolute Gasteiger partial charge is 0.352 e. The molecule has 0 spiro atoms. The first-order valence-corrected chi connectivity index (χ1v) is 7.97. The number of carbonyl (C=O) groups excluding carboxylic acids is 1. The molecule has 1 heterocycles. The van der Waals surface area contributed by atoms with E-state index in [0.29, 0.717) is 12.6 Å². The van der Waals surface area contributed by atoms with Crippen molar-refractivity contribution in [2.45, 2.75) is 58.5 Å². The van der Waals surface area contributed by atoms with Crippen molar-refractivity contribution in [2.24, 2.45) is 5.92 Å².